The summed E-state index contributed by atoms with van der Waals surface area (Å²) >= 11 is 0. The van der Waals surface area contributed by atoms with Crippen molar-refractivity contribution in [3.63, 3.8) is 0 Å². The van der Waals surface area contributed by atoms with Crippen LogP contribution in [0, 0.1) is 17.3 Å². The monoisotopic (exact) mass is 563 g/mol. The van der Waals surface area contributed by atoms with Gasteiger partial charge in [0.2, 0.25) is 11.8 Å². The number of methoxy groups -OCH3 is 1. The lowest BCUT2D eigenvalue weighted by Gasteiger charge is -2.49. The Morgan fingerprint density at radius 1 is 1.20 bits per heavy atom. The van der Waals surface area contributed by atoms with Crippen LogP contribution >= 0.6 is 0 Å². The molecule has 3 atom stereocenters. The number of aliphatic hydroxyl groups is 1. The number of anilines is 1. The van der Waals surface area contributed by atoms with Gasteiger partial charge in [0.25, 0.3) is 0 Å². The SMILES string of the molecule is COCCCOc1cccc(N2CCN(C[C@H](N)[C@@H](O)C[C@H](C(=O)NCC(C)(C)C(N)=O)C(C)C)C(C)(C)C2)c1. The fraction of sp³-hybridized carbons (Fsp3) is 0.733. The van der Waals surface area contributed by atoms with E-state index in [0.29, 0.717) is 19.8 Å². The molecule has 0 radical (unpaired) electrons. The molecular formula is C30H53N5O5. The first-order valence-corrected chi connectivity index (χ1v) is 14.4. The number of carbonyl (C=O) groups excluding carboxylic acids is 2. The number of nitrogens with two attached hydrogens (primary N) is 2. The van der Waals surface area contributed by atoms with E-state index in [1.807, 2.05) is 26.0 Å². The third kappa shape index (κ3) is 9.90. The number of amides is 2. The molecule has 0 unspecified atom stereocenters. The summed E-state index contributed by atoms with van der Waals surface area (Å²) in [6, 6.07) is 7.66. The highest BCUT2D eigenvalue weighted by Gasteiger charge is 2.37. The Kier molecular flexibility index (Phi) is 12.7. The van der Waals surface area contributed by atoms with Gasteiger partial charge in [-0.2, -0.15) is 0 Å². The topological polar surface area (TPSA) is 143 Å². The summed E-state index contributed by atoms with van der Waals surface area (Å²) in [6.45, 7) is 16.0. The standard InChI is InChI=1S/C30H53N5O5/c1-21(2)24(27(37)33-19-29(3,4)28(32)38)17-26(36)25(31)18-35-13-12-34(20-30(35,5)6)22-10-8-11-23(16-22)40-15-9-14-39-7/h8,10-11,16,21,24-26,36H,9,12-15,17-20,31H2,1-7H3,(H2,32,38)(H,33,37)/t24-,25-,26-/m0/s1. The molecular weight excluding hydrogens is 510 g/mol. The molecule has 0 spiro atoms. The van der Waals surface area contributed by atoms with E-state index >= 15 is 0 Å². The number of piperazine rings is 1. The molecule has 10 nitrogen and oxygen atoms in total. The molecule has 228 valence electrons. The van der Waals surface area contributed by atoms with Gasteiger partial charge < -0.3 is 36.3 Å². The van der Waals surface area contributed by atoms with Crippen LogP contribution < -0.4 is 26.4 Å². The predicted octanol–water partition coefficient (Wildman–Crippen LogP) is 1.98. The molecule has 0 saturated carbocycles. The van der Waals surface area contributed by atoms with Crippen molar-refractivity contribution in [3.8, 4) is 5.75 Å². The Morgan fingerprint density at radius 2 is 1.90 bits per heavy atom. The molecule has 2 amide bonds. The van der Waals surface area contributed by atoms with Crippen LogP contribution in [0.3, 0.4) is 0 Å². The summed E-state index contributed by atoms with van der Waals surface area (Å²) in [4.78, 5) is 29.2. The maximum Gasteiger partial charge on any atom is 0.224 e. The molecule has 1 aliphatic rings. The number of primary amides is 1. The van der Waals surface area contributed by atoms with Crippen molar-refractivity contribution in [2.24, 2.45) is 28.7 Å². The second kappa shape index (κ2) is 15.0. The molecule has 1 saturated heterocycles. The molecule has 1 aromatic carbocycles. The Morgan fingerprint density at radius 3 is 2.50 bits per heavy atom. The molecule has 1 heterocycles. The number of nitrogens with zero attached hydrogens (tertiary/aromatic N) is 2. The largest absolute Gasteiger partial charge is 0.493 e. The van der Waals surface area contributed by atoms with E-state index in [1.165, 1.54) is 0 Å². The van der Waals surface area contributed by atoms with Crippen LogP contribution in [0.4, 0.5) is 5.69 Å². The van der Waals surface area contributed by atoms with E-state index in [0.717, 1.165) is 37.5 Å². The summed E-state index contributed by atoms with van der Waals surface area (Å²) in [5, 5.41) is 13.9. The third-order valence-corrected chi connectivity index (χ3v) is 7.95. The number of benzene rings is 1. The van der Waals surface area contributed by atoms with Gasteiger partial charge in [-0.1, -0.05) is 19.9 Å². The molecule has 1 fully saturated rings. The van der Waals surface area contributed by atoms with Gasteiger partial charge in [0.15, 0.2) is 0 Å². The number of hydrogen-bond acceptors (Lipinski definition) is 8. The van der Waals surface area contributed by atoms with Gasteiger partial charge >= 0.3 is 0 Å². The zero-order valence-electron chi connectivity index (χ0n) is 25.6. The molecule has 1 aliphatic heterocycles. The van der Waals surface area contributed by atoms with Crippen molar-refractivity contribution in [2.45, 2.75) is 72.1 Å². The van der Waals surface area contributed by atoms with Crippen LogP contribution in [0.25, 0.3) is 0 Å². The van der Waals surface area contributed by atoms with Crippen LogP contribution in [0.2, 0.25) is 0 Å². The van der Waals surface area contributed by atoms with E-state index in [2.05, 4.69) is 41.1 Å². The lowest BCUT2D eigenvalue weighted by Crippen LogP contribution is -2.62. The minimum atomic E-state index is -0.849. The van der Waals surface area contributed by atoms with E-state index in [9.17, 15) is 14.7 Å². The average Bonchev–Trinajstić information content (AvgIpc) is 2.89. The van der Waals surface area contributed by atoms with Gasteiger partial charge in [-0.05, 0) is 52.2 Å². The lowest BCUT2D eigenvalue weighted by molar-refractivity contribution is -0.130. The van der Waals surface area contributed by atoms with E-state index in [1.54, 1.807) is 21.0 Å². The minimum Gasteiger partial charge on any atom is -0.493 e. The fourth-order valence-electron chi connectivity index (χ4n) is 4.93. The zero-order chi connectivity index (χ0) is 30.1. The maximum absolute atomic E-state index is 12.9. The first-order chi connectivity index (χ1) is 18.7. The van der Waals surface area contributed by atoms with Crippen LogP contribution in [-0.2, 0) is 14.3 Å². The number of hydrogen-bond donors (Lipinski definition) is 4. The molecule has 1 aromatic rings. The number of ether oxygens (including phenoxy) is 2. The Labute approximate surface area is 240 Å². The Bertz CT molecular complexity index is 954. The van der Waals surface area contributed by atoms with Gasteiger partial charge in [0.1, 0.15) is 5.75 Å². The van der Waals surface area contributed by atoms with Gasteiger partial charge in [-0.25, -0.2) is 0 Å². The number of rotatable bonds is 16. The smallest absolute Gasteiger partial charge is 0.224 e. The third-order valence-electron chi connectivity index (χ3n) is 7.95. The molecule has 10 heteroatoms. The summed E-state index contributed by atoms with van der Waals surface area (Å²) in [5.41, 5.74) is 12.0. The summed E-state index contributed by atoms with van der Waals surface area (Å²) < 4.78 is 11.0. The van der Waals surface area contributed by atoms with Crippen LogP contribution in [0.5, 0.6) is 5.75 Å². The summed E-state index contributed by atoms with van der Waals surface area (Å²) in [6.07, 6.45) is 0.247. The predicted molar refractivity (Wildman–Crippen MR) is 159 cm³/mol. The van der Waals surface area contributed by atoms with Gasteiger partial charge in [-0.15, -0.1) is 0 Å². The quantitative estimate of drug-likeness (QED) is 0.224. The van der Waals surface area contributed by atoms with Crippen molar-refractivity contribution in [3.05, 3.63) is 24.3 Å². The van der Waals surface area contributed by atoms with Crippen molar-refractivity contribution in [2.75, 3.05) is 57.9 Å². The van der Waals surface area contributed by atoms with Crippen LogP contribution in [0.1, 0.15) is 54.4 Å². The molecule has 40 heavy (non-hydrogen) atoms. The van der Waals surface area contributed by atoms with Crippen LogP contribution in [-0.4, -0.2) is 92.6 Å². The van der Waals surface area contributed by atoms with Gasteiger partial charge in [0.05, 0.1) is 18.1 Å². The second-order valence-electron chi connectivity index (χ2n) is 12.7. The highest BCUT2D eigenvalue weighted by molar-refractivity contribution is 5.83. The van der Waals surface area contributed by atoms with Crippen LogP contribution in [0.15, 0.2) is 24.3 Å². The molecule has 0 bridgehead atoms. The maximum atomic E-state index is 12.9. The summed E-state index contributed by atoms with van der Waals surface area (Å²) in [7, 11) is 1.69. The molecule has 0 aromatic heterocycles. The van der Waals surface area contributed by atoms with Crippen molar-refractivity contribution in [1.82, 2.24) is 10.2 Å². The van der Waals surface area contributed by atoms with Gasteiger partial charge in [0, 0.05) is 82.1 Å². The van der Waals surface area contributed by atoms with E-state index in [-0.39, 0.29) is 30.3 Å². The average molecular weight is 564 g/mol. The Hall–Kier alpha value is -2.40. The molecule has 0 aliphatic carbocycles. The fourth-order valence-corrected chi connectivity index (χ4v) is 4.93. The number of nitrogens with one attached hydrogen (secondary N) is 1. The number of carbonyl (C=O) groups is 2. The molecule has 2 rings (SSSR count). The van der Waals surface area contributed by atoms with Gasteiger partial charge in [-0.3, -0.25) is 14.5 Å². The van der Waals surface area contributed by atoms with Crippen molar-refractivity contribution >= 4 is 17.5 Å². The highest BCUT2D eigenvalue weighted by Crippen LogP contribution is 2.29. The van der Waals surface area contributed by atoms with Crippen molar-refractivity contribution in [1.29, 1.82) is 0 Å². The highest BCUT2D eigenvalue weighted by atomic mass is 16.5. The first kappa shape index (κ1) is 33.8. The van der Waals surface area contributed by atoms with E-state index in [4.69, 9.17) is 20.9 Å². The number of aliphatic hydroxyl groups excluding tert-OH is 1. The van der Waals surface area contributed by atoms with Crippen molar-refractivity contribution < 1.29 is 24.2 Å². The lowest BCUT2D eigenvalue weighted by atomic mass is 9.86. The Balaban J connectivity index is 1.95. The molecule has 6 N–H and O–H groups in total. The minimum absolute atomic E-state index is 0.00162. The summed E-state index contributed by atoms with van der Waals surface area (Å²) in [5.74, 6) is -0.259. The zero-order valence-corrected chi connectivity index (χ0v) is 25.6. The van der Waals surface area contributed by atoms with E-state index < -0.39 is 29.4 Å². The first-order valence-electron chi connectivity index (χ1n) is 14.4. The second-order valence-corrected chi connectivity index (χ2v) is 12.7. The normalized spacial score (nSPS) is 18.3.